The van der Waals surface area contributed by atoms with Gasteiger partial charge in [-0.2, -0.15) is 0 Å². The zero-order valence-electron chi connectivity index (χ0n) is 15.4. The first kappa shape index (κ1) is 19.0. The molecule has 0 unspecified atom stereocenters. The predicted octanol–water partition coefficient (Wildman–Crippen LogP) is 4.89. The number of H-pyrrole nitrogens is 1. The smallest absolute Gasteiger partial charge is 0.234 e. The van der Waals surface area contributed by atoms with Crippen molar-refractivity contribution in [1.29, 1.82) is 0 Å². The van der Waals surface area contributed by atoms with Gasteiger partial charge in [0.25, 0.3) is 0 Å². The Labute approximate surface area is 161 Å². The molecule has 0 fully saturated rings. The molecule has 0 saturated heterocycles. The summed E-state index contributed by atoms with van der Waals surface area (Å²) in [4.78, 5) is 16.1. The van der Waals surface area contributed by atoms with Crippen molar-refractivity contribution in [2.45, 2.75) is 19.3 Å². The second-order valence-corrected chi connectivity index (χ2v) is 7.07. The Morgan fingerprint density at radius 2 is 1.85 bits per heavy atom. The van der Waals surface area contributed by atoms with Gasteiger partial charge in [-0.3, -0.25) is 4.79 Å². The zero-order valence-corrected chi connectivity index (χ0v) is 16.2. The first-order chi connectivity index (χ1) is 12.8. The van der Waals surface area contributed by atoms with Crippen LogP contribution in [0.1, 0.15) is 19.4 Å². The Morgan fingerprint density at radius 1 is 1.15 bits per heavy atom. The molecule has 2 N–H and O–H groups in total. The maximum Gasteiger partial charge on any atom is 0.234 e. The topological polar surface area (TPSA) is 63.3 Å². The number of carbonyl (C=O) groups excluding carboxylic acids is 1. The Kier molecular flexibility index (Phi) is 5.02. The number of methoxy groups -OCH3 is 2. The van der Waals surface area contributed by atoms with Crippen LogP contribution in [0.5, 0.6) is 11.5 Å². The maximum absolute atomic E-state index is 13.4. The van der Waals surface area contributed by atoms with Crippen LogP contribution in [-0.4, -0.2) is 25.1 Å². The third-order valence-electron chi connectivity index (χ3n) is 4.61. The first-order valence-corrected chi connectivity index (χ1v) is 8.65. The van der Waals surface area contributed by atoms with Crippen molar-refractivity contribution in [1.82, 2.24) is 4.98 Å². The average molecular weight is 391 g/mol. The van der Waals surface area contributed by atoms with Gasteiger partial charge in [-0.1, -0.05) is 11.6 Å². The third-order valence-corrected chi connectivity index (χ3v) is 4.90. The summed E-state index contributed by atoms with van der Waals surface area (Å²) in [5.41, 5.74) is 0.947. The molecular weight excluding hydrogens is 371 g/mol. The lowest BCUT2D eigenvalue weighted by atomic mass is 9.83. The number of halogens is 2. The second-order valence-electron chi connectivity index (χ2n) is 6.66. The highest BCUT2D eigenvalue weighted by molar-refractivity contribution is 6.32. The van der Waals surface area contributed by atoms with Gasteiger partial charge in [0.2, 0.25) is 5.91 Å². The van der Waals surface area contributed by atoms with E-state index in [4.69, 9.17) is 21.1 Å². The van der Waals surface area contributed by atoms with Crippen LogP contribution >= 0.6 is 11.6 Å². The van der Waals surface area contributed by atoms with Gasteiger partial charge in [0.15, 0.2) is 0 Å². The van der Waals surface area contributed by atoms with Crippen LogP contribution in [-0.2, 0) is 10.2 Å². The molecule has 7 heteroatoms. The van der Waals surface area contributed by atoms with Crippen molar-refractivity contribution in [3.8, 4) is 11.5 Å². The van der Waals surface area contributed by atoms with Gasteiger partial charge in [-0.05, 0) is 37.6 Å². The largest absolute Gasteiger partial charge is 0.495 e. The Morgan fingerprint density at radius 3 is 2.52 bits per heavy atom. The molecule has 3 aromatic rings. The van der Waals surface area contributed by atoms with E-state index in [0.717, 1.165) is 10.9 Å². The fourth-order valence-electron chi connectivity index (χ4n) is 2.97. The minimum atomic E-state index is -0.895. The van der Waals surface area contributed by atoms with E-state index in [-0.39, 0.29) is 11.7 Å². The molecule has 3 rings (SSSR count). The standard InChI is InChI=1S/C20H20ClFN2O3/c1-20(2,13-10-23-15-7-11(22)5-6-12(13)15)19(25)24-16-9-17(26-3)14(21)8-18(16)27-4/h5-10,23H,1-4H3,(H,24,25). The molecule has 2 aromatic carbocycles. The number of ether oxygens (including phenoxy) is 2. The number of fused-ring (bicyclic) bond motifs is 1. The van der Waals surface area contributed by atoms with Crippen molar-refractivity contribution < 1.29 is 18.7 Å². The van der Waals surface area contributed by atoms with E-state index in [2.05, 4.69) is 10.3 Å². The lowest BCUT2D eigenvalue weighted by molar-refractivity contribution is -0.120. The number of nitrogens with one attached hydrogen (secondary N) is 2. The summed E-state index contributed by atoms with van der Waals surface area (Å²) in [5, 5.41) is 4.05. The Hall–Kier alpha value is -2.73. The molecule has 0 aliphatic rings. The number of amides is 1. The summed E-state index contributed by atoms with van der Waals surface area (Å²) < 4.78 is 24.0. The average Bonchev–Trinajstić information content (AvgIpc) is 3.06. The van der Waals surface area contributed by atoms with E-state index in [9.17, 15) is 9.18 Å². The van der Waals surface area contributed by atoms with Crippen LogP contribution in [0.15, 0.2) is 36.5 Å². The van der Waals surface area contributed by atoms with Crippen molar-refractivity contribution in [3.05, 3.63) is 52.9 Å². The minimum absolute atomic E-state index is 0.254. The highest BCUT2D eigenvalue weighted by atomic mass is 35.5. The molecule has 142 valence electrons. The van der Waals surface area contributed by atoms with Crippen molar-refractivity contribution >= 4 is 34.1 Å². The number of aromatic nitrogens is 1. The molecule has 0 aliphatic carbocycles. The number of rotatable bonds is 5. The van der Waals surface area contributed by atoms with Gasteiger partial charge in [0.1, 0.15) is 17.3 Å². The van der Waals surface area contributed by atoms with Crippen molar-refractivity contribution in [2.24, 2.45) is 0 Å². The van der Waals surface area contributed by atoms with E-state index < -0.39 is 5.41 Å². The summed E-state index contributed by atoms with van der Waals surface area (Å²) in [6.45, 7) is 3.60. The van der Waals surface area contributed by atoms with Crippen molar-refractivity contribution in [3.63, 3.8) is 0 Å². The summed E-state index contributed by atoms with van der Waals surface area (Å²) in [7, 11) is 2.99. The highest BCUT2D eigenvalue weighted by Gasteiger charge is 2.33. The molecule has 0 bridgehead atoms. The molecule has 27 heavy (non-hydrogen) atoms. The molecule has 0 spiro atoms. The Bertz CT molecular complexity index is 1010. The van der Waals surface area contributed by atoms with E-state index in [1.807, 2.05) is 0 Å². The van der Waals surface area contributed by atoms with Gasteiger partial charge in [-0.15, -0.1) is 0 Å². The Balaban J connectivity index is 1.97. The van der Waals surface area contributed by atoms with Gasteiger partial charge in [0, 0.05) is 29.2 Å². The summed E-state index contributed by atoms with van der Waals surface area (Å²) >= 11 is 6.11. The normalized spacial score (nSPS) is 11.5. The molecule has 0 radical (unpaired) electrons. The van der Waals surface area contributed by atoms with Gasteiger partial charge in [-0.25, -0.2) is 4.39 Å². The summed E-state index contributed by atoms with van der Waals surface area (Å²) in [5.74, 6) is 0.255. The molecular formula is C20H20ClFN2O3. The monoisotopic (exact) mass is 390 g/mol. The van der Waals surface area contributed by atoms with Gasteiger partial charge >= 0.3 is 0 Å². The second kappa shape index (κ2) is 7.12. The van der Waals surface area contributed by atoms with E-state index in [0.29, 0.717) is 27.7 Å². The fraction of sp³-hybridized carbons (Fsp3) is 0.250. The zero-order chi connectivity index (χ0) is 19.8. The third kappa shape index (κ3) is 3.45. The SMILES string of the molecule is COc1cc(NC(=O)C(C)(C)c2c[nH]c3cc(F)ccc23)c(OC)cc1Cl. The molecule has 5 nitrogen and oxygen atoms in total. The van der Waals surface area contributed by atoms with Gasteiger partial charge < -0.3 is 19.8 Å². The lowest BCUT2D eigenvalue weighted by Gasteiger charge is -2.24. The minimum Gasteiger partial charge on any atom is -0.495 e. The number of benzene rings is 2. The summed E-state index contributed by atoms with van der Waals surface area (Å²) in [6, 6.07) is 7.63. The number of aromatic amines is 1. The highest BCUT2D eigenvalue weighted by Crippen LogP contribution is 2.38. The lowest BCUT2D eigenvalue weighted by Crippen LogP contribution is -2.34. The molecule has 0 saturated carbocycles. The van der Waals surface area contributed by atoms with Crippen LogP contribution in [0.3, 0.4) is 0 Å². The maximum atomic E-state index is 13.4. The van der Waals surface area contributed by atoms with E-state index in [1.165, 1.54) is 26.4 Å². The van der Waals surface area contributed by atoms with Crippen LogP contribution < -0.4 is 14.8 Å². The van der Waals surface area contributed by atoms with Crippen molar-refractivity contribution in [2.75, 3.05) is 19.5 Å². The predicted molar refractivity (Wildman–Crippen MR) is 104 cm³/mol. The van der Waals surface area contributed by atoms with Gasteiger partial charge in [0.05, 0.1) is 30.3 Å². The number of carbonyl (C=O) groups is 1. The van der Waals surface area contributed by atoms with Crippen LogP contribution in [0.4, 0.5) is 10.1 Å². The van der Waals surface area contributed by atoms with E-state index >= 15 is 0 Å². The number of hydrogen-bond donors (Lipinski definition) is 2. The molecule has 1 heterocycles. The quantitative estimate of drug-likeness (QED) is 0.651. The molecule has 0 aliphatic heterocycles. The van der Waals surface area contributed by atoms with Crippen LogP contribution in [0.2, 0.25) is 5.02 Å². The molecule has 0 atom stereocenters. The van der Waals surface area contributed by atoms with E-state index in [1.54, 1.807) is 38.2 Å². The number of anilines is 1. The first-order valence-electron chi connectivity index (χ1n) is 8.28. The summed E-state index contributed by atoms with van der Waals surface area (Å²) in [6.07, 6.45) is 1.73. The fourth-order valence-corrected chi connectivity index (χ4v) is 3.21. The van der Waals surface area contributed by atoms with Crippen LogP contribution in [0, 0.1) is 5.82 Å². The molecule has 1 amide bonds. The van der Waals surface area contributed by atoms with Crippen LogP contribution in [0.25, 0.3) is 10.9 Å². The number of hydrogen-bond acceptors (Lipinski definition) is 3. The molecule has 1 aromatic heterocycles.